The Morgan fingerprint density at radius 1 is 1.23 bits per heavy atom. The van der Waals surface area contributed by atoms with Crippen LogP contribution in [0.5, 0.6) is 0 Å². The monoisotopic (exact) mass is 300 g/mol. The van der Waals surface area contributed by atoms with Crippen molar-refractivity contribution < 1.29 is 14.3 Å². The van der Waals surface area contributed by atoms with Crippen LogP contribution in [0.2, 0.25) is 0 Å². The van der Waals surface area contributed by atoms with Gasteiger partial charge in [0.25, 0.3) is 0 Å². The molecule has 22 heavy (non-hydrogen) atoms. The average molecular weight is 300 g/mol. The van der Waals surface area contributed by atoms with Gasteiger partial charge < -0.3 is 10.4 Å². The molecule has 0 heterocycles. The number of nitrogens with one attached hydrogen (secondary N) is 1. The molecule has 0 atom stereocenters. The highest BCUT2D eigenvalue weighted by Crippen LogP contribution is 2.26. The van der Waals surface area contributed by atoms with E-state index in [4.69, 9.17) is 0 Å². The molecule has 0 aromatic heterocycles. The molecule has 2 N–H and O–H groups in total. The molecule has 4 nitrogen and oxygen atoms in total. The predicted octanol–water partition coefficient (Wildman–Crippen LogP) is 4.08. The van der Waals surface area contributed by atoms with Crippen molar-refractivity contribution in [3.63, 3.8) is 0 Å². The lowest BCUT2D eigenvalue weighted by molar-refractivity contribution is 0.201. The zero-order valence-electron chi connectivity index (χ0n) is 12.0. The van der Waals surface area contributed by atoms with Gasteiger partial charge in [0.2, 0.25) is 0 Å². The summed E-state index contributed by atoms with van der Waals surface area (Å²) < 4.78 is 13.0. The minimum Gasteiger partial charge on any atom is -0.465 e. The maximum absolute atomic E-state index is 13.0. The van der Waals surface area contributed by atoms with E-state index in [1.165, 1.54) is 42.0 Å². The van der Waals surface area contributed by atoms with E-state index in [0.717, 1.165) is 11.3 Å². The Kier molecular flexibility index (Phi) is 3.96. The smallest absolute Gasteiger partial charge is 0.412 e. The highest BCUT2D eigenvalue weighted by Gasteiger charge is 2.21. The zero-order valence-corrected chi connectivity index (χ0v) is 12.0. The van der Waals surface area contributed by atoms with Crippen LogP contribution in [0.15, 0.2) is 48.5 Å². The summed E-state index contributed by atoms with van der Waals surface area (Å²) in [5.41, 5.74) is 2.34. The van der Waals surface area contributed by atoms with Gasteiger partial charge in [-0.25, -0.2) is 9.18 Å². The maximum Gasteiger partial charge on any atom is 0.412 e. The number of anilines is 2. The molecule has 0 bridgehead atoms. The Morgan fingerprint density at radius 2 is 1.95 bits per heavy atom. The maximum atomic E-state index is 13.0. The molecular formula is C17H17FN2O2. The van der Waals surface area contributed by atoms with Crippen LogP contribution in [-0.4, -0.2) is 17.2 Å². The molecule has 2 aromatic rings. The molecular weight excluding hydrogens is 283 g/mol. The summed E-state index contributed by atoms with van der Waals surface area (Å²) in [7, 11) is 0. The molecule has 0 saturated heterocycles. The molecule has 5 heteroatoms. The average Bonchev–Trinajstić information content (AvgIpc) is 3.30. The summed E-state index contributed by atoms with van der Waals surface area (Å²) >= 11 is 0. The number of halogens is 1. The van der Waals surface area contributed by atoms with Crippen molar-refractivity contribution >= 4 is 17.5 Å². The van der Waals surface area contributed by atoms with Crippen LogP contribution < -0.4 is 10.2 Å². The Labute approximate surface area is 128 Å². The Hall–Kier alpha value is -2.56. The fraction of sp³-hybridized carbons (Fsp3) is 0.235. The second-order valence-corrected chi connectivity index (χ2v) is 5.46. The lowest BCUT2D eigenvalue weighted by atomic mass is 10.1. The first-order chi connectivity index (χ1) is 10.6. The lowest BCUT2D eigenvalue weighted by Gasteiger charge is -2.20. The molecule has 0 spiro atoms. The van der Waals surface area contributed by atoms with Crippen molar-refractivity contribution in [2.24, 2.45) is 0 Å². The number of carboxylic acid groups (broad SMARTS) is 1. The SMILES string of the molecule is O=C(O)N(Cc1cccc(NC2CC2)c1)c1ccc(F)cc1. The first-order valence-electron chi connectivity index (χ1n) is 7.23. The van der Waals surface area contributed by atoms with Gasteiger partial charge in [-0.05, 0) is 54.8 Å². The summed E-state index contributed by atoms with van der Waals surface area (Å²) in [5.74, 6) is -0.385. The molecule has 0 radical (unpaired) electrons. The summed E-state index contributed by atoms with van der Waals surface area (Å²) in [6, 6.07) is 13.7. The molecule has 0 unspecified atom stereocenters. The predicted molar refractivity (Wildman–Crippen MR) is 83.7 cm³/mol. The van der Waals surface area contributed by atoms with Gasteiger partial charge in [0.15, 0.2) is 0 Å². The third-order valence-electron chi connectivity index (χ3n) is 3.59. The fourth-order valence-corrected chi connectivity index (χ4v) is 2.30. The molecule has 1 fully saturated rings. The second-order valence-electron chi connectivity index (χ2n) is 5.46. The van der Waals surface area contributed by atoms with Crippen LogP contribution >= 0.6 is 0 Å². The number of carbonyl (C=O) groups is 1. The largest absolute Gasteiger partial charge is 0.465 e. The Morgan fingerprint density at radius 3 is 2.59 bits per heavy atom. The Balaban J connectivity index is 1.78. The van der Waals surface area contributed by atoms with Crippen LogP contribution in [-0.2, 0) is 6.54 Å². The highest BCUT2D eigenvalue weighted by molar-refractivity contribution is 5.85. The quantitative estimate of drug-likeness (QED) is 0.874. The van der Waals surface area contributed by atoms with Crippen LogP contribution in [0.1, 0.15) is 18.4 Å². The van der Waals surface area contributed by atoms with E-state index in [0.29, 0.717) is 11.7 Å². The standard InChI is InChI=1S/C17H17FN2O2/c18-13-4-8-16(9-5-13)20(17(21)22)11-12-2-1-3-15(10-12)19-14-6-7-14/h1-5,8-10,14,19H,6-7,11H2,(H,21,22). The van der Waals surface area contributed by atoms with Gasteiger partial charge in [0.1, 0.15) is 5.82 Å². The normalized spacial score (nSPS) is 13.7. The van der Waals surface area contributed by atoms with Gasteiger partial charge in [-0.15, -0.1) is 0 Å². The molecule has 114 valence electrons. The van der Waals surface area contributed by atoms with E-state index < -0.39 is 6.09 Å². The van der Waals surface area contributed by atoms with Gasteiger partial charge in [-0.2, -0.15) is 0 Å². The number of benzene rings is 2. The second kappa shape index (κ2) is 6.05. The minimum atomic E-state index is -1.06. The molecule has 0 aliphatic heterocycles. The van der Waals surface area contributed by atoms with Crippen molar-refractivity contribution in [3.05, 3.63) is 59.9 Å². The molecule has 2 aromatic carbocycles. The third kappa shape index (κ3) is 3.55. The van der Waals surface area contributed by atoms with E-state index in [2.05, 4.69) is 5.32 Å². The summed E-state index contributed by atoms with van der Waals surface area (Å²) in [6.45, 7) is 0.223. The highest BCUT2D eigenvalue weighted by atomic mass is 19.1. The minimum absolute atomic E-state index is 0.223. The number of rotatable bonds is 5. The van der Waals surface area contributed by atoms with E-state index >= 15 is 0 Å². The van der Waals surface area contributed by atoms with Crippen molar-refractivity contribution in [1.29, 1.82) is 0 Å². The van der Waals surface area contributed by atoms with E-state index in [-0.39, 0.29) is 12.4 Å². The van der Waals surface area contributed by atoms with Crippen LogP contribution in [0.4, 0.5) is 20.6 Å². The molecule has 3 rings (SSSR count). The lowest BCUT2D eigenvalue weighted by Crippen LogP contribution is -2.28. The van der Waals surface area contributed by atoms with E-state index in [1.54, 1.807) is 0 Å². The molecule has 1 amide bonds. The van der Waals surface area contributed by atoms with Crippen molar-refractivity contribution in [2.45, 2.75) is 25.4 Å². The van der Waals surface area contributed by atoms with Crippen molar-refractivity contribution in [3.8, 4) is 0 Å². The van der Waals surface area contributed by atoms with Gasteiger partial charge in [0, 0.05) is 17.4 Å². The summed E-state index contributed by atoms with van der Waals surface area (Å²) in [4.78, 5) is 12.7. The van der Waals surface area contributed by atoms with Crippen molar-refractivity contribution in [1.82, 2.24) is 0 Å². The molecule has 1 aliphatic carbocycles. The Bertz CT molecular complexity index is 669. The first-order valence-corrected chi connectivity index (χ1v) is 7.23. The molecule has 1 saturated carbocycles. The summed E-state index contributed by atoms with van der Waals surface area (Å²) in [6.07, 6.45) is 1.30. The third-order valence-corrected chi connectivity index (χ3v) is 3.59. The zero-order chi connectivity index (χ0) is 15.5. The van der Waals surface area contributed by atoms with Gasteiger partial charge in [0.05, 0.1) is 6.54 Å². The van der Waals surface area contributed by atoms with Crippen molar-refractivity contribution in [2.75, 3.05) is 10.2 Å². The van der Waals surface area contributed by atoms with Gasteiger partial charge >= 0.3 is 6.09 Å². The van der Waals surface area contributed by atoms with E-state index in [9.17, 15) is 14.3 Å². The van der Waals surface area contributed by atoms with Crippen LogP contribution in [0.3, 0.4) is 0 Å². The number of hydrogen-bond acceptors (Lipinski definition) is 2. The van der Waals surface area contributed by atoms with Crippen LogP contribution in [0.25, 0.3) is 0 Å². The topological polar surface area (TPSA) is 52.6 Å². The first kappa shape index (κ1) is 14.4. The van der Waals surface area contributed by atoms with E-state index in [1.807, 2.05) is 24.3 Å². The molecule has 1 aliphatic rings. The fourth-order valence-electron chi connectivity index (χ4n) is 2.30. The number of nitrogens with zero attached hydrogens (tertiary/aromatic N) is 1. The summed E-state index contributed by atoms with van der Waals surface area (Å²) in [5, 5.41) is 12.8. The van der Waals surface area contributed by atoms with Gasteiger partial charge in [-0.3, -0.25) is 4.90 Å². The van der Waals surface area contributed by atoms with Crippen LogP contribution in [0, 0.1) is 5.82 Å². The number of amides is 1. The van der Waals surface area contributed by atoms with Gasteiger partial charge in [-0.1, -0.05) is 12.1 Å². The number of hydrogen-bond donors (Lipinski definition) is 2.